The Morgan fingerprint density at radius 2 is 0.542 bits per heavy atom. The van der Waals surface area contributed by atoms with Gasteiger partial charge in [-0.05, 0) is 89.9 Å². The van der Waals surface area contributed by atoms with Crippen LogP contribution in [0.3, 0.4) is 0 Å². The molecule has 0 saturated heterocycles. The molecule has 0 amide bonds. The number of hydrogen-bond acceptors (Lipinski definition) is 6. The van der Waals surface area contributed by atoms with Gasteiger partial charge in [0.05, 0.1) is 0 Å². The van der Waals surface area contributed by atoms with E-state index in [-0.39, 0.29) is 31.1 Å². The average Bonchev–Trinajstić information content (AvgIpc) is 3.38. The average molecular weight is 1010 g/mol. The molecule has 0 aromatic heterocycles. The summed E-state index contributed by atoms with van der Waals surface area (Å²) in [4.78, 5) is 38.2. The Bertz CT molecular complexity index is 1340. The molecule has 6 heteroatoms. The van der Waals surface area contributed by atoms with Gasteiger partial charge in [-0.15, -0.1) is 0 Å². The standard InChI is InChI=1S/C66H116O6/c1-4-7-10-13-16-19-22-24-26-28-29-30-31-32-33-34-35-36-37-38-40-41-44-47-50-53-56-59-65(68)71-62-63(61-70-64(67)58-55-52-49-46-43-21-18-15-12-9-6-3)72-66(69)60-57-54-51-48-45-42-39-27-25-23-20-17-14-11-8-5-2/h7,10,16,19,24,26-27,29-30,32-33,39,63H,4-6,8-9,11-15,17-18,20-23,25,28,31,34-38,40-62H2,1-3H3/b10-7-,19-16-,26-24-,30-29-,33-32-,39-27-. The molecular formula is C66H116O6. The van der Waals surface area contributed by atoms with Gasteiger partial charge < -0.3 is 14.2 Å². The molecule has 0 saturated carbocycles. The van der Waals surface area contributed by atoms with Crippen LogP contribution in [0.1, 0.15) is 310 Å². The van der Waals surface area contributed by atoms with Crippen LogP contribution in [0.25, 0.3) is 0 Å². The van der Waals surface area contributed by atoms with Crippen LogP contribution in [-0.4, -0.2) is 37.2 Å². The minimum Gasteiger partial charge on any atom is -0.462 e. The molecule has 0 bridgehead atoms. The van der Waals surface area contributed by atoms with Crippen molar-refractivity contribution in [3.05, 3.63) is 72.9 Å². The van der Waals surface area contributed by atoms with Gasteiger partial charge in [0.15, 0.2) is 6.10 Å². The number of rotatable bonds is 56. The third kappa shape index (κ3) is 57.7. The Labute approximate surface area is 446 Å². The number of ether oxygens (including phenoxy) is 3. The van der Waals surface area contributed by atoms with Crippen molar-refractivity contribution >= 4 is 17.9 Å². The van der Waals surface area contributed by atoms with E-state index < -0.39 is 6.10 Å². The van der Waals surface area contributed by atoms with Crippen molar-refractivity contribution < 1.29 is 28.6 Å². The Hall–Kier alpha value is -3.15. The molecule has 0 rings (SSSR count). The smallest absolute Gasteiger partial charge is 0.306 e. The van der Waals surface area contributed by atoms with Crippen LogP contribution < -0.4 is 0 Å². The lowest BCUT2D eigenvalue weighted by Gasteiger charge is -2.18. The maximum atomic E-state index is 12.9. The van der Waals surface area contributed by atoms with Crippen molar-refractivity contribution in [3.63, 3.8) is 0 Å². The molecule has 0 fully saturated rings. The first kappa shape index (κ1) is 68.8. The maximum absolute atomic E-state index is 12.9. The van der Waals surface area contributed by atoms with Crippen molar-refractivity contribution in [3.8, 4) is 0 Å². The van der Waals surface area contributed by atoms with E-state index in [1.165, 1.54) is 173 Å². The third-order valence-corrected chi connectivity index (χ3v) is 13.4. The summed E-state index contributed by atoms with van der Waals surface area (Å²) in [6.07, 6.45) is 77.6. The minimum atomic E-state index is -0.778. The first-order valence-electron chi connectivity index (χ1n) is 30.9. The quantitative estimate of drug-likeness (QED) is 0.0261. The maximum Gasteiger partial charge on any atom is 0.306 e. The van der Waals surface area contributed by atoms with E-state index in [2.05, 4.69) is 93.7 Å². The van der Waals surface area contributed by atoms with E-state index in [4.69, 9.17) is 14.2 Å². The first-order valence-corrected chi connectivity index (χ1v) is 30.9. The van der Waals surface area contributed by atoms with Crippen molar-refractivity contribution in [1.29, 1.82) is 0 Å². The number of carbonyl (C=O) groups excluding carboxylic acids is 3. The van der Waals surface area contributed by atoms with Crippen LogP contribution >= 0.6 is 0 Å². The van der Waals surface area contributed by atoms with Gasteiger partial charge in [-0.25, -0.2) is 0 Å². The van der Waals surface area contributed by atoms with Gasteiger partial charge in [-0.3, -0.25) is 14.4 Å². The van der Waals surface area contributed by atoms with E-state index in [0.29, 0.717) is 19.3 Å². The van der Waals surface area contributed by atoms with Crippen LogP contribution in [-0.2, 0) is 28.6 Å². The molecule has 0 radical (unpaired) electrons. The molecule has 0 spiro atoms. The number of esters is 3. The lowest BCUT2D eigenvalue weighted by atomic mass is 10.0. The molecule has 0 aromatic rings. The summed E-state index contributed by atoms with van der Waals surface area (Å²) in [5.41, 5.74) is 0. The van der Waals surface area contributed by atoms with Gasteiger partial charge in [-0.1, -0.05) is 273 Å². The lowest BCUT2D eigenvalue weighted by molar-refractivity contribution is -0.167. The van der Waals surface area contributed by atoms with Crippen molar-refractivity contribution in [2.24, 2.45) is 0 Å². The second-order valence-electron chi connectivity index (χ2n) is 20.6. The highest BCUT2D eigenvalue weighted by Gasteiger charge is 2.19. The summed E-state index contributed by atoms with van der Waals surface area (Å²) in [6.45, 7) is 6.54. The first-order chi connectivity index (χ1) is 35.5. The topological polar surface area (TPSA) is 78.9 Å². The molecule has 0 N–H and O–H groups in total. The van der Waals surface area contributed by atoms with Crippen LogP contribution in [0, 0.1) is 0 Å². The summed E-state index contributed by atoms with van der Waals surface area (Å²) in [7, 11) is 0. The fraction of sp³-hybridized carbons (Fsp3) is 0.773. The molecule has 0 heterocycles. The molecular weight excluding hydrogens is 889 g/mol. The van der Waals surface area contributed by atoms with Gasteiger partial charge >= 0.3 is 17.9 Å². The van der Waals surface area contributed by atoms with Crippen LogP contribution in [0.2, 0.25) is 0 Å². The summed E-state index contributed by atoms with van der Waals surface area (Å²) >= 11 is 0. The number of hydrogen-bond donors (Lipinski definition) is 0. The zero-order valence-corrected chi connectivity index (χ0v) is 47.7. The Kier molecular flexibility index (Phi) is 57.8. The van der Waals surface area contributed by atoms with E-state index >= 15 is 0 Å². The molecule has 0 aromatic carbocycles. The number of allylic oxidation sites excluding steroid dienone is 12. The number of carbonyl (C=O) groups is 3. The highest BCUT2D eigenvalue weighted by molar-refractivity contribution is 5.71. The second kappa shape index (κ2) is 60.4. The Morgan fingerprint density at radius 3 is 0.861 bits per heavy atom. The monoisotopic (exact) mass is 1000 g/mol. The van der Waals surface area contributed by atoms with Gasteiger partial charge in [0.1, 0.15) is 13.2 Å². The molecule has 0 aliphatic rings. The largest absolute Gasteiger partial charge is 0.462 e. The molecule has 6 nitrogen and oxygen atoms in total. The predicted molar refractivity (Wildman–Crippen MR) is 311 cm³/mol. The van der Waals surface area contributed by atoms with Crippen LogP contribution in [0.15, 0.2) is 72.9 Å². The fourth-order valence-corrected chi connectivity index (χ4v) is 8.82. The van der Waals surface area contributed by atoms with Crippen molar-refractivity contribution in [2.75, 3.05) is 13.2 Å². The Morgan fingerprint density at radius 1 is 0.292 bits per heavy atom. The normalized spacial score (nSPS) is 12.5. The van der Waals surface area contributed by atoms with E-state index in [1.54, 1.807) is 0 Å². The van der Waals surface area contributed by atoms with Crippen LogP contribution in [0.4, 0.5) is 0 Å². The molecule has 1 atom stereocenters. The predicted octanol–water partition coefficient (Wildman–Crippen LogP) is 20.9. The van der Waals surface area contributed by atoms with Crippen molar-refractivity contribution in [1.82, 2.24) is 0 Å². The summed E-state index contributed by atoms with van der Waals surface area (Å²) < 4.78 is 16.9. The third-order valence-electron chi connectivity index (χ3n) is 13.4. The summed E-state index contributed by atoms with van der Waals surface area (Å²) in [5.74, 6) is -0.876. The molecule has 416 valence electrons. The van der Waals surface area contributed by atoms with Crippen LogP contribution in [0.5, 0.6) is 0 Å². The minimum absolute atomic E-state index is 0.0759. The highest BCUT2D eigenvalue weighted by Crippen LogP contribution is 2.16. The van der Waals surface area contributed by atoms with Gasteiger partial charge in [-0.2, -0.15) is 0 Å². The SMILES string of the molecule is CC/C=C\C/C=C\C/C=C\C/C=C\C/C=C\CCCCCCCCCCCCCC(=O)OCC(COC(=O)CCCCCCCCCCCCC)OC(=O)CCCCCCC/C=C\CCCCCCCCC. The second-order valence-corrected chi connectivity index (χ2v) is 20.6. The zero-order chi connectivity index (χ0) is 52.2. The molecule has 72 heavy (non-hydrogen) atoms. The lowest BCUT2D eigenvalue weighted by Crippen LogP contribution is -2.30. The fourth-order valence-electron chi connectivity index (χ4n) is 8.82. The summed E-state index contributed by atoms with van der Waals surface area (Å²) in [5, 5.41) is 0. The van der Waals surface area contributed by atoms with E-state index in [9.17, 15) is 14.4 Å². The molecule has 1 unspecified atom stereocenters. The van der Waals surface area contributed by atoms with Gasteiger partial charge in [0.2, 0.25) is 0 Å². The van der Waals surface area contributed by atoms with Gasteiger partial charge in [0.25, 0.3) is 0 Å². The highest BCUT2D eigenvalue weighted by atomic mass is 16.6. The van der Waals surface area contributed by atoms with E-state index in [0.717, 1.165) is 96.3 Å². The molecule has 0 aliphatic heterocycles. The van der Waals surface area contributed by atoms with Gasteiger partial charge in [0, 0.05) is 19.3 Å². The summed E-state index contributed by atoms with van der Waals surface area (Å²) in [6, 6.07) is 0. The Balaban J connectivity index is 4.24. The number of unbranched alkanes of at least 4 members (excludes halogenated alkanes) is 33. The molecule has 0 aliphatic carbocycles. The zero-order valence-electron chi connectivity index (χ0n) is 47.7. The van der Waals surface area contributed by atoms with Crippen molar-refractivity contribution in [2.45, 2.75) is 316 Å². The van der Waals surface area contributed by atoms with E-state index in [1.807, 2.05) is 0 Å².